The van der Waals surface area contributed by atoms with Gasteiger partial charge in [-0.25, -0.2) is 0 Å². The van der Waals surface area contributed by atoms with Crippen LogP contribution in [0.2, 0.25) is 0 Å². The average Bonchev–Trinajstić information content (AvgIpc) is 2.39. The van der Waals surface area contributed by atoms with Crippen molar-refractivity contribution in [3.05, 3.63) is 33.8 Å². The van der Waals surface area contributed by atoms with E-state index in [1.54, 1.807) is 7.11 Å². The highest BCUT2D eigenvalue weighted by molar-refractivity contribution is 9.10. The second-order valence-corrected chi connectivity index (χ2v) is 5.64. The molecule has 3 nitrogen and oxygen atoms in total. The van der Waals surface area contributed by atoms with Crippen LogP contribution in [0.3, 0.4) is 0 Å². The van der Waals surface area contributed by atoms with Crippen LogP contribution in [0.4, 0.5) is 0 Å². The third-order valence-corrected chi connectivity index (χ3v) is 3.76. The molecule has 0 radical (unpaired) electrons. The smallest absolute Gasteiger partial charge is 0.0474 e. The lowest BCUT2D eigenvalue weighted by molar-refractivity contribution is 0.178. The van der Waals surface area contributed by atoms with Crippen LogP contribution in [-0.2, 0) is 17.8 Å². The molecule has 0 bridgehead atoms. The summed E-state index contributed by atoms with van der Waals surface area (Å²) in [6.45, 7) is 6.90. The van der Waals surface area contributed by atoms with Gasteiger partial charge in [0.15, 0.2) is 0 Å². The lowest BCUT2D eigenvalue weighted by Crippen LogP contribution is -2.20. The molecule has 108 valence electrons. The Morgan fingerprint density at radius 2 is 2.16 bits per heavy atom. The number of nitrogens with one attached hydrogen (secondary N) is 1. The van der Waals surface area contributed by atoms with Crippen LogP contribution >= 0.6 is 15.9 Å². The van der Waals surface area contributed by atoms with E-state index in [0.29, 0.717) is 0 Å². The van der Waals surface area contributed by atoms with Gasteiger partial charge in [0.1, 0.15) is 0 Å². The van der Waals surface area contributed by atoms with Crippen LogP contribution in [0.15, 0.2) is 22.7 Å². The molecule has 19 heavy (non-hydrogen) atoms. The first kappa shape index (κ1) is 16.6. The molecular formula is C15H25BrN2O. The lowest BCUT2D eigenvalue weighted by Gasteiger charge is -2.17. The maximum Gasteiger partial charge on any atom is 0.0474 e. The molecule has 0 saturated heterocycles. The predicted octanol–water partition coefficient (Wildman–Crippen LogP) is 3.03. The van der Waals surface area contributed by atoms with Crippen molar-refractivity contribution in [3.63, 3.8) is 0 Å². The summed E-state index contributed by atoms with van der Waals surface area (Å²) in [4.78, 5) is 2.32. The van der Waals surface area contributed by atoms with E-state index in [1.807, 2.05) is 0 Å². The minimum absolute atomic E-state index is 0.827. The molecule has 0 spiro atoms. The molecule has 0 aliphatic rings. The van der Waals surface area contributed by atoms with E-state index >= 15 is 0 Å². The fourth-order valence-electron chi connectivity index (χ4n) is 1.95. The zero-order chi connectivity index (χ0) is 14.1. The SMILES string of the molecule is CCNCc1ccc(CN(C)CCCOC)c(Br)c1. The standard InChI is InChI=1S/C15H25BrN2O/c1-4-17-11-13-6-7-14(15(16)10-13)12-18(2)8-5-9-19-3/h6-7,10,17H,4-5,8-9,11-12H2,1-3H3. The molecule has 0 atom stereocenters. The molecule has 1 aromatic rings. The largest absolute Gasteiger partial charge is 0.385 e. The quantitative estimate of drug-likeness (QED) is 0.705. The highest BCUT2D eigenvalue weighted by Crippen LogP contribution is 2.20. The zero-order valence-electron chi connectivity index (χ0n) is 12.2. The van der Waals surface area contributed by atoms with Crippen molar-refractivity contribution in [1.82, 2.24) is 10.2 Å². The maximum absolute atomic E-state index is 5.08. The number of benzene rings is 1. The Hall–Kier alpha value is -0.420. The van der Waals surface area contributed by atoms with Gasteiger partial charge < -0.3 is 15.0 Å². The molecule has 0 amide bonds. The second-order valence-electron chi connectivity index (χ2n) is 4.79. The van der Waals surface area contributed by atoms with Crippen molar-refractivity contribution in [2.24, 2.45) is 0 Å². The number of halogens is 1. The van der Waals surface area contributed by atoms with Crippen molar-refractivity contribution in [2.45, 2.75) is 26.4 Å². The first-order valence-corrected chi connectivity index (χ1v) is 7.62. The van der Waals surface area contributed by atoms with E-state index in [0.717, 1.165) is 39.2 Å². The number of hydrogen-bond acceptors (Lipinski definition) is 3. The van der Waals surface area contributed by atoms with E-state index in [1.165, 1.54) is 15.6 Å². The normalized spacial score (nSPS) is 11.2. The minimum Gasteiger partial charge on any atom is -0.385 e. The van der Waals surface area contributed by atoms with Gasteiger partial charge in [-0.15, -0.1) is 0 Å². The van der Waals surface area contributed by atoms with Crippen molar-refractivity contribution < 1.29 is 4.74 Å². The van der Waals surface area contributed by atoms with Crippen molar-refractivity contribution >= 4 is 15.9 Å². The molecule has 0 aliphatic carbocycles. The van der Waals surface area contributed by atoms with Crippen molar-refractivity contribution in [3.8, 4) is 0 Å². The van der Waals surface area contributed by atoms with E-state index in [-0.39, 0.29) is 0 Å². The fraction of sp³-hybridized carbons (Fsp3) is 0.600. The third kappa shape index (κ3) is 6.52. The summed E-state index contributed by atoms with van der Waals surface area (Å²) in [5.74, 6) is 0. The molecule has 1 N–H and O–H groups in total. The van der Waals surface area contributed by atoms with Gasteiger partial charge in [-0.3, -0.25) is 0 Å². The monoisotopic (exact) mass is 328 g/mol. The number of nitrogens with zero attached hydrogens (tertiary/aromatic N) is 1. The van der Waals surface area contributed by atoms with Crippen LogP contribution in [0.25, 0.3) is 0 Å². The molecule has 0 fully saturated rings. The molecule has 0 unspecified atom stereocenters. The Morgan fingerprint density at radius 3 is 2.79 bits per heavy atom. The Bertz CT molecular complexity index is 371. The van der Waals surface area contributed by atoms with Gasteiger partial charge in [0.05, 0.1) is 0 Å². The summed E-state index contributed by atoms with van der Waals surface area (Å²) in [5, 5.41) is 3.34. The molecular weight excluding hydrogens is 304 g/mol. The van der Waals surface area contributed by atoms with Crippen LogP contribution in [0.5, 0.6) is 0 Å². The summed E-state index contributed by atoms with van der Waals surface area (Å²) < 4.78 is 6.27. The molecule has 4 heteroatoms. The van der Waals surface area contributed by atoms with Gasteiger partial charge in [0.25, 0.3) is 0 Å². The predicted molar refractivity (Wildman–Crippen MR) is 84.3 cm³/mol. The van der Waals surface area contributed by atoms with Crippen LogP contribution in [0, 0.1) is 0 Å². The Kier molecular flexibility index (Phi) is 8.30. The Labute approximate surface area is 125 Å². The van der Waals surface area contributed by atoms with Crippen molar-refractivity contribution in [2.75, 3.05) is 33.9 Å². The summed E-state index contributed by atoms with van der Waals surface area (Å²) in [5.41, 5.74) is 2.65. The van der Waals surface area contributed by atoms with Crippen LogP contribution in [-0.4, -0.2) is 38.8 Å². The summed E-state index contributed by atoms with van der Waals surface area (Å²) in [6, 6.07) is 6.62. The van der Waals surface area contributed by atoms with E-state index < -0.39 is 0 Å². The number of ether oxygens (including phenoxy) is 1. The summed E-state index contributed by atoms with van der Waals surface area (Å²) in [6.07, 6.45) is 1.07. The number of rotatable bonds is 9. The molecule has 0 saturated carbocycles. The molecule has 0 heterocycles. The van der Waals surface area contributed by atoms with Gasteiger partial charge in [-0.05, 0) is 37.2 Å². The molecule has 1 rings (SSSR count). The van der Waals surface area contributed by atoms with Gasteiger partial charge in [-0.1, -0.05) is 35.0 Å². The first-order chi connectivity index (χ1) is 9.17. The maximum atomic E-state index is 5.08. The Morgan fingerprint density at radius 1 is 1.37 bits per heavy atom. The van der Waals surface area contributed by atoms with E-state index in [9.17, 15) is 0 Å². The lowest BCUT2D eigenvalue weighted by atomic mass is 10.1. The van der Waals surface area contributed by atoms with E-state index in [4.69, 9.17) is 4.74 Å². The zero-order valence-corrected chi connectivity index (χ0v) is 13.8. The highest BCUT2D eigenvalue weighted by atomic mass is 79.9. The second kappa shape index (κ2) is 9.48. The minimum atomic E-state index is 0.827. The van der Waals surface area contributed by atoms with Crippen LogP contribution in [0.1, 0.15) is 24.5 Å². The average molecular weight is 329 g/mol. The highest BCUT2D eigenvalue weighted by Gasteiger charge is 2.05. The number of hydrogen-bond donors (Lipinski definition) is 1. The summed E-state index contributed by atoms with van der Waals surface area (Å²) in [7, 11) is 3.90. The molecule has 0 aliphatic heterocycles. The van der Waals surface area contributed by atoms with Gasteiger partial charge in [0, 0.05) is 37.8 Å². The van der Waals surface area contributed by atoms with Crippen molar-refractivity contribution in [1.29, 1.82) is 0 Å². The van der Waals surface area contributed by atoms with Gasteiger partial charge in [-0.2, -0.15) is 0 Å². The van der Waals surface area contributed by atoms with Crippen LogP contribution < -0.4 is 5.32 Å². The molecule has 0 aromatic heterocycles. The first-order valence-electron chi connectivity index (χ1n) is 6.82. The Balaban J connectivity index is 2.49. The van der Waals surface area contributed by atoms with E-state index in [2.05, 4.69) is 58.3 Å². The topological polar surface area (TPSA) is 24.5 Å². The summed E-state index contributed by atoms with van der Waals surface area (Å²) >= 11 is 3.67. The van der Waals surface area contributed by atoms with Gasteiger partial charge >= 0.3 is 0 Å². The third-order valence-electron chi connectivity index (χ3n) is 3.03. The molecule has 1 aromatic carbocycles. The number of methoxy groups -OCH3 is 1. The van der Waals surface area contributed by atoms with Gasteiger partial charge in [0.2, 0.25) is 0 Å². The fourth-order valence-corrected chi connectivity index (χ4v) is 2.50.